The molecule has 4 heteroatoms. The van der Waals surface area contributed by atoms with Crippen LogP contribution in [0.3, 0.4) is 0 Å². The zero-order chi connectivity index (χ0) is 37.7. The molecule has 304 valence electrons. The van der Waals surface area contributed by atoms with Gasteiger partial charge >= 0.3 is 11.9 Å². The molecule has 0 atom stereocenters. The van der Waals surface area contributed by atoms with Crippen molar-refractivity contribution in [2.45, 2.75) is 272 Å². The van der Waals surface area contributed by atoms with Crippen LogP contribution in [-0.4, -0.2) is 24.6 Å². The lowest BCUT2D eigenvalue weighted by Crippen LogP contribution is -2.10. The summed E-state index contributed by atoms with van der Waals surface area (Å²) in [6.07, 6.45) is 50.4. The van der Waals surface area contributed by atoms with Gasteiger partial charge in [0.2, 0.25) is 0 Å². The molecule has 0 saturated carbocycles. The molecular weight excluding hydrogens is 629 g/mol. The molecule has 0 radical (unpaired) electrons. The van der Waals surface area contributed by atoms with E-state index >= 15 is 0 Å². The van der Waals surface area contributed by atoms with Crippen LogP contribution < -0.4 is 0 Å². The summed E-state index contributed by atoms with van der Waals surface area (Å²) in [6.45, 7) is 11.2. The summed E-state index contributed by atoms with van der Waals surface area (Å²) in [5, 5.41) is 0. The lowest BCUT2D eigenvalue weighted by molar-refractivity contribution is -0.147. The van der Waals surface area contributed by atoms with Gasteiger partial charge in [0.1, 0.15) is 0 Å². The fraction of sp³-hybridized carbons (Fsp3) is 0.915. The SMILES string of the molecule is CCCCCCCC/C=C\CCCCCCCC(=O)OCCCCCCCCCC.CCCCCCCCCCCCCCCC(=O)OC(C)C. The number of hydrogen-bond acceptors (Lipinski definition) is 4. The predicted molar refractivity (Wildman–Crippen MR) is 225 cm³/mol. The summed E-state index contributed by atoms with van der Waals surface area (Å²) in [5.41, 5.74) is 0. The molecule has 0 saturated heterocycles. The highest BCUT2D eigenvalue weighted by atomic mass is 16.5. The molecule has 0 spiro atoms. The lowest BCUT2D eigenvalue weighted by atomic mass is 10.0. The summed E-state index contributed by atoms with van der Waals surface area (Å²) < 4.78 is 10.5. The molecule has 0 fully saturated rings. The highest BCUT2D eigenvalue weighted by molar-refractivity contribution is 5.69. The minimum absolute atomic E-state index is 0.00979. The molecule has 0 aromatic heterocycles. The summed E-state index contributed by atoms with van der Waals surface area (Å²) in [4.78, 5) is 23.1. The van der Waals surface area contributed by atoms with E-state index in [1.807, 2.05) is 13.8 Å². The Morgan fingerprint density at radius 3 is 1.04 bits per heavy atom. The Morgan fingerprint density at radius 2 is 0.686 bits per heavy atom. The zero-order valence-corrected chi connectivity index (χ0v) is 35.5. The van der Waals surface area contributed by atoms with Crippen molar-refractivity contribution in [3.05, 3.63) is 12.2 Å². The quantitative estimate of drug-likeness (QED) is 0.0360. The molecule has 0 aliphatic heterocycles. The average Bonchev–Trinajstić information content (AvgIpc) is 3.11. The van der Waals surface area contributed by atoms with Crippen LogP contribution in [0.5, 0.6) is 0 Å². The van der Waals surface area contributed by atoms with Gasteiger partial charge in [0.05, 0.1) is 12.7 Å². The Kier molecular flexibility index (Phi) is 47.4. The first-order chi connectivity index (χ1) is 25.0. The van der Waals surface area contributed by atoms with Gasteiger partial charge in [-0.3, -0.25) is 9.59 Å². The first-order valence-corrected chi connectivity index (χ1v) is 23.0. The fourth-order valence-electron chi connectivity index (χ4n) is 6.44. The molecule has 0 aliphatic rings. The van der Waals surface area contributed by atoms with E-state index in [1.165, 1.54) is 193 Å². The molecule has 0 aromatic rings. The normalized spacial score (nSPS) is 11.3. The molecule has 0 N–H and O–H groups in total. The van der Waals surface area contributed by atoms with Gasteiger partial charge < -0.3 is 9.47 Å². The van der Waals surface area contributed by atoms with Crippen molar-refractivity contribution in [2.24, 2.45) is 0 Å². The molecule has 0 bridgehead atoms. The fourth-order valence-corrected chi connectivity index (χ4v) is 6.44. The largest absolute Gasteiger partial charge is 0.466 e. The summed E-state index contributed by atoms with van der Waals surface area (Å²) in [7, 11) is 0. The number of hydrogen-bond donors (Lipinski definition) is 0. The van der Waals surface area contributed by atoms with E-state index in [-0.39, 0.29) is 18.0 Å². The highest BCUT2D eigenvalue weighted by Crippen LogP contribution is 2.14. The smallest absolute Gasteiger partial charge is 0.306 e. The van der Waals surface area contributed by atoms with Crippen molar-refractivity contribution in [3.63, 3.8) is 0 Å². The van der Waals surface area contributed by atoms with E-state index in [0.29, 0.717) is 19.4 Å². The van der Waals surface area contributed by atoms with Crippen LogP contribution in [0, 0.1) is 0 Å². The Balaban J connectivity index is 0. The van der Waals surface area contributed by atoms with Crippen molar-refractivity contribution >= 4 is 11.9 Å². The van der Waals surface area contributed by atoms with E-state index in [9.17, 15) is 9.59 Å². The second kappa shape index (κ2) is 46.7. The maximum Gasteiger partial charge on any atom is 0.306 e. The second-order valence-electron chi connectivity index (χ2n) is 15.6. The summed E-state index contributed by atoms with van der Waals surface area (Å²) >= 11 is 0. The van der Waals surface area contributed by atoms with Crippen molar-refractivity contribution in [1.82, 2.24) is 0 Å². The topological polar surface area (TPSA) is 52.6 Å². The molecular formula is C47H92O4. The van der Waals surface area contributed by atoms with Crippen LogP contribution in [-0.2, 0) is 19.1 Å². The van der Waals surface area contributed by atoms with Crippen LogP contribution in [0.1, 0.15) is 266 Å². The van der Waals surface area contributed by atoms with Gasteiger partial charge in [-0.1, -0.05) is 206 Å². The Labute approximate surface area is 320 Å². The molecule has 0 aliphatic carbocycles. The van der Waals surface area contributed by atoms with Crippen LogP contribution in [0.25, 0.3) is 0 Å². The Bertz CT molecular complexity index is 700. The van der Waals surface area contributed by atoms with Crippen molar-refractivity contribution in [1.29, 1.82) is 0 Å². The highest BCUT2D eigenvalue weighted by Gasteiger charge is 2.05. The molecule has 0 unspecified atom stereocenters. The number of unbranched alkanes of at least 4 members (excludes halogenated alkanes) is 30. The van der Waals surface area contributed by atoms with Gasteiger partial charge in [0.15, 0.2) is 0 Å². The third-order valence-corrected chi connectivity index (χ3v) is 9.76. The number of rotatable bonds is 39. The number of carbonyl (C=O) groups excluding carboxylic acids is 2. The van der Waals surface area contributed by atoms with Gasteiger partial charge in [-0.15, -0.1) is 0 Å². The van der Waals surface area contributed by atoms with Crippen molar-refractivity contribution in [2.75, 3.05) is 6.61 Å². The third kappa shape index (κ3) is 50.8. The predicted octanol–water partition coefficient (Wildman–Crippen LogP) is 16.1. The Morgan fingerprint density at radius 1 is 0.392 bits per heavy atom. The third-order valence-electron chi connectivity index (χ3n) is 9.76. The van der Waals surface area contributed by atoms with Crippen LogP contribution >= 0.6 is 0 Å². The first kappa shape index (κ1) is 51.8. The van der Waals surface area contributed by atoms with E-state index in [1.54, 1.807) is 0 Å². The second-order valence-corrected chi connectivity index (χ2v) is 15.6. The average molecular weight is 721 g/mol. The first-order valence-electron chi connectivity index (χ1n) is 23.0. The van der Waals surface area contributed by atoms with Crippen molar-refractivity contribution < 1.29 is 19.1 Å². The van der Waals surface area contributed by atoms with Crippen LogP contribution in [0.15, 0.2) is 12.2 Å². The van der Waals surface area contributed by atoms with Gasteiger partial charge in [-0.25, -0.2) is 0 Å². The molecule has 0 amide bonds. The minimum atomic E-state index is -0.0342. The summed E-state index contributed by atoms with van der Waals surface area (Å²) in [6, 6.07) is 0. The minimum Gasteiger partial charge on any atom is -0.466 e. The maximum absolute atomic E-state index is 11.8. The standard InChI is InChI=1S/C28H54O2.C19H38O2/c1-3-5-7-9-11-13-14-15-16-17-18-19-20-22-24-26-28(29)30-27-25-23-21-12-10-8-6-4-2;1-4-5-6-7-8-9-10-11-12-13-14-15-16-17-19(20)21-18(2)3/h15-16H,3-14,17-27H2,1-2H3;18H,4-17H2,1-3H3/b16-15-;. The van der Waals surface area contributed by atoms with Crippen LogP contribution in [0.4, 0.5) is 0 Å². The van der Waals surface area contributed by atoms with Crippen LogP contribution in [0.2, 0.25) is 0 Å². The molecule has 0 rings (SSSR count). The van der Waals surface area contributed by atoms with Gasteiger partial charge in [-0.05, 0) is 58.8 Å². The van der Waals surface area contributed by atoms with Crippen molar-refractivity contribution in [3.8, 4) is 0 Å². The maximum atomic E-state index is 11.8. The zero-order valence-electron chi connectivity index (χ0n) is 35.5. The monoisotopic (exact) mass is 721 g/mol. The number of carbonyl (C=O) groups is 2. The van der Waals surface area contributed by atoms with Gasteiger partial charge in [0, 0.05) is 12.8 Å². The summed E-state index contributed by atoms with van der Waals surface area (Å²) in [5.74, 6) is -0.0244. The molecule has 0 aromatic carbocycles. The van der Waals surface area contributed by atoms with E-state index in [4.69, 9.17) is 9.47 Å². The van der Waals surface area contributed by atoms with E-state index in [0.717, 1.165) is 25.7 Å². The van der Waals surface area contributed by atoms with E-state index in [2.05, 4.69) is 32.9 Å². The Hall–Kier alpha value is -1.32. The number of allylic oxidation sites excluding steroid dienone is 2. The van der Waals surface area contributed by atoms with Gasteiger partial charge in [-0.2, -0.15) is 0 Å². The number of esters is 2. The molecule has 4 nitrogen and oxygen atoms in total. The van der Waals surface area contributed by atoms with E-state index < -0.39 is 0 Å². The molecule has 51 heavy (non-hydrogen) atoms. The lowest BCUT2D eigenvalue weighted by Gasteiger charge is -2.07. The number of ether oxygens (including phenoxy) is 2. The molecule has 0 heterocycles. The van der Waals surface area contributed by atoms with Gasteiger partial charge in [0.25, 0.3) is 0 Å².